The van der Waals surface area contributed by atoms with Crippen LogP contribution in [0.2, 0.25) is 0 Å². The highest BCUT2D eigenvalue weighted by molar-refractivity contribution is 7.12. The highest BCUT2D eigenvalue weighted by Crippen LogP contribution is 2.18. The Morgan fingerprint density at radius 1 is 1.57 bits per heavy atom. The summed E-state index contributed by atoms with van der Waals surface area (Å²) in [6.45, 7) is 0. The second-order valence-corrected chi connectivity index (χ2v) is 3.35. The number of carbonyl (C=O) groups excluding carboxylic acids is 2. The fraction of sp³-hybridized carbons (Fsp3) is 0.111. The van der Waals surface area contributed by atoms with Crippen molar-refractivity contribution in [1.29, 1.82) is 0 Å². The van der Waals surface area contributed by atoms with Crippen LogP contribution < -0.4 is 5.73 Å². The summed E-state index contributed by atoms with van der Waals surface area (Å²) in [6.07, 6.45) is 2.69. The Kier molecular flexibility index (Phi) is 3.41. The topological polar surface area (TPSA) is 69.4 Å². The van der Waals surface area contributed by atoms with Crippen molar-refractivity contribution in [1.82, 2.24) is 0 Å². The summed E-state index contributed by atoms with van der Waals surface area (Å²) >= 11 is 1.26. The molecule has 0 radical (unpaired) electrons. The van der Waals surface area contributed by atoms with Gasteiger partial charge >= 0.3 is 5.97 Å². The van der Waals surface area contributed by atoms with Gasteiger partial charge < -0.3 is 10.5 Å². The van der Waals surface area contributed by atoms with E-state index in [2.05, 4.69) is 4.74 Å². The molecule has 14 heavy (non-hydrogen) atoms. The second-order valence-electron chi connectivity index (χ2n) is 2.43. The number of amides is 1. The number of primary amides is 1. The average Bonchev–Trinajstić information content (AvgIpc) is 2.61. The normalized spacial score (nSPS) is 10.4. The van der Waals surface area contributed by atoms with Gasteiger partial charge in [0.1, 0.15) is 4.88 Å². The monoisotopic (exact) mass is 211 g/mol. The molecule has 1 aromatic heterocycles. The zero-order valence-electron chi connectivity index (χ0n) is 7.52. The maximum absolute atomic E-state index is 11.2. The van der Waals surface area contributed by atoms with E-state index in [1.807, 2.05) is 0 Å². The van der Waals surface area contributed by atoms with Crippen molar-refractivity contribution in [3.8, 4) is 0 Å². The summed E-state index contributed by atoms with van der Waals surface area (Å²) in [5.41, 5.74) is 5.57. The number of carbonyl (C=O) groups is 2. The molecule has 0 fully saturated rings. The summed E-state index contributed by atoms with van der Waals surface area (Å²) in [4.78, 5) is 22.1. The van der Waals surface area contributed by atoms with Crippen LogP contribution in [-0.2, 0) is 9.53 Å². The van der Waals surface area contributed by atoms with Gasteiger partial charge in [-0.2, -0.15) is 0 Å². The van der Waals surface area contributed by atoms with Gasteiger partial charge in [0.2, 0.25) is 5.91 Å². The first-order valence-electron chi connectivity index (χ1n) is 3.78. The Hall–Kier alpha value is -1.62. The van der Waals surface area contributed by atoms with Crippen LogP contribution in [0, 0.1) is 0 Å². The number of hydrogen-bond donors (Lipinski definition) is 1. The molecule has 0 spiro atoms. The lowest BCUT2D eigenvalue weighted by Crippen LogP contribution is -2.05. The molecule has 1 rings (SSSR count). The number of esters is 1. The molecule has 2 N–H and O–H groups in total. The molecule has 0 saturated carbocycles. The van der Waals surface area contributed by atoms with E-state index in [4.69, 9.17) is 5.73 Å². The van der Waals surface area contributed by atoms with Crippen molar-refractivity contribution in [3.05, 3.63) is 28.0 Å². The quantitative estimate of drug-likeness (QED) is 0.599. The lowest BCUT2D eigenvalue weighted by atomic mass is 10.2. The van der Waals surface area contributed by atoms with E-state index in [0.717, 1.165) is 0 Å². The largest absolute Gasteiger partial charge is 0.465 e. The number of hydrogen-bond acceptors (Lipinski definition) is 4. The highest BCUT2D eigenvalue weighted by Gasteiger charge is 2.10. The Morgan fingerprint density at radius 3 is 2.86 bits per heavy atom. The van der Waals surface area contributed by atoms with Gasteiger partial charge in [0.15, 0.2) is 0 Å². The van der Waals surface area contributed by atoms with Gasteiger partial charge in [0.25, 0.3) is 0 Å². The molecule has 0 unspecified atom stereocenters. The highest BCUT2D eigenvalue weighted by atomic mass is 32.1. The smallest absolute Gasteiger partial charge is 0.348 e. The number of thiophene rings is 1. The number of rotatable bonds is 3. The van der Waals surface area contributed by atoms with Gasteiger partial charge in [0.05, 0.1) is 7.11 Å². The lowest BCUT2D eigenvalue weighted by molar-refractivity contribution is -0.113. The summed E-state index contributed by atoms with van der Waals surface area (Å²) in [7, 11) is 1.31. The molecule has 0 saturated heterocycles. The maximum atomic E-state index is 11.2. The van der Waals surface area contributed by atoms with Crippen molar-refractivity contribution in [2.45, 2.75) is 0 Å². The average molecular weight is 211 g/mol. The minimum absolute atomic E-state index is 0.413. The van der Waals surface area contributed by atoms with E-state index < -0.39 is 11.9 Å². The van der Waals surface area contributed by atoms with Crippen molar-refractivity contribution < 1.29 is 14.3 Å². The molecular formula is C9H9NO3S. The first-order valence-corrected chi connectivity index (χ1v) is 4.66. The number of nitrogens with two attached hydrogens (primary N) is 1. The molecule has 0 atom stereocenters. The van der Waals surface area contributed by atoms with Crippen LogP contribution in [0.15, 0.2) is 17.5 Å². The second kappa shape index (κ2) is 4.57. The van der Waals surface area contributed by atoms with E-state index >= 15 is 0 Å². The molecule has 74 valence electrons. The Bertz CT molecular complexity index is 381. The number of ether oxygens (including phenoxy) is 1. The van der Waals surface area contributed by atoms with E-state index in [1.54, 1.807) is 11.4 Å². The van der Waals surface area contributed by atoms with Gasteiger partial charge in [-0.3, -0.25) is 4.79 Å². The fourth-order valence-corrected chi connectivity index (χ4v) is 1.68. The van der Waals surface area contributed by atoms with Crippen molar-refractivity contribution in [3.63, 3.8) is 0 Å². The molecule has 0 aromatic carbocycles. The van der Waals surface area contributed by atoms with E-state index in [1.165, 1.54) is 30.6 Å². The number of methoxy groups -OCH3 is 1. The molecule has 5 heteroatoms. The fourth-order valence-electron chi connectivity index (χ4n) is 0.881. The summed E-state index contributed by atoms with van der Waals surface area (Å²) in [5.74, 6) is -0.962. The molecule has 0 aliphatic heterocycles. The SMILES string of the molecule is COC(=O)c1sccc1C=CC(N)=O. The van der Waals surface area contributed by atoms with Gasteiger partial charge in [-0.05, 0) is 17.5 Å². The third-order valence-corrected chi connectivity index (χ3v) is 2.40. The molecule has 0 bridgehead atoms. The zero-order chi connectivity index (χ0) is 10.6. The molecular weight excluding hydrogens is 202 g/mol. The Morgan fingerprint density at radius 2 is 2.29 bits per heavy atom. The standard InChI is InChI=1S/C9H9NO3S/c1-13-9(12)8-6(4-5-14-8)2-3-7(10)11/h2-5H,1H3,(H2,10,11). The Labute approximate surface area is 85.0 Å². The third kappa shape index (κ3) is 2.43. The van der Waals surface area contributed by atoms with Crippen LogP contribution in [-0.4, -0.2) is 19.0 Å². The zero-order valence-corrected chi connectivity index (χ0v) is 8.34. The third-order valence-electron chi connectivity index (χ3n) is 1.49. The molecule has 1 heterocycles. The molecule has 1 aromatic rings. The van der Waals surface area contributed by atoms with Crippen LogP contribution in [0.4, 0.5) is 0 Å². The first-order chi connectivity index (χ1) is 6.65. The van der Waals surface area contributed by atoms with Gasteiger partial charge in [0, 0.05) is 11.6 Å². The lowest BCUT2D eigenvalue weighted by Gasteiger charge is -1.95. The molecule has 0 aliphatic rings. The van der Waals surface area contributed by atoms with Crippen molar-refractivity contribution in [2.24, 2.45) is 5.73 Å². The van der Waals surface area contributed by atoms with Gasteiger partial charge in [-0.1, -0.05) is 0 Å². The van der Waals surface area contributed by atoms with Crippen LogP contribution in [0.5, 0.6) is 0 Å². The minimum atomic E-state index is -0.549. The minimum Gasteiger partial charge on any atom is -0.465 e. The summed E-state index contributed by atoms with van der Waals surface area (Å²) in [5, 5.41) is 1.74. The predicted molar refractivity (Wildman–Crippen MR) is 53.9 cm³/mol. The summed E-state index contributed by atoms with van der Waals surface area (Å²) in [6, 6.07) is 1.72. The Balaban J connectivity index is 2.93. The van der Waals surface area contributed by atoms with E-state index in [0.29, 0.717) is 10.4 Å². The van der Waals surface area contributed by atoms with E-state index in [9.17, 15) is 9.59 Å². The maximum Gasteiger partial charge on any atom is 0.348 e. The van der Waals surface area contributed by atoms with Crippen LogP contribution in [0.25, 0.3) is 6.08 Å². The molecule has 1 amide bonds. The van der Waals surface area contributed by atoms with Crippen LogP contribution >= 0.6 is 11.3 Å². The predicted octanol–water partition coefficient (Wildman–Crippen LogP) is 1.03. The first kappa shape index (κ1) is 10.5. The van der Waals surface area contributed by atoms with Crippen LogP contribution in [0.1, 0.15) is 15.2 Å². The van der Waals surface area contributed by atoms with E-state index in [-0.39, 0.29) is 0 Å². The van der Waals surface area contributed by atoms with Crippen molar-refractivity contribution >= 4 is 29.3 Å². The van der Waals surface area contributed by atoms with Gasteiger partial charge in [-0.25, -0.2) is 4.79 Å². The van der Waals surface area contributed by atoms with Crippen LogP contribution in [0.3, 0.4) is 0 Å². The summed E-state index contributed by atoms with van der Waals surface area (Å²) < 4.78 is 4.56. The molecule has 4 nitrogen and oxygen atoms in total. The van der Waals surface area contributed by atoms with Gasteiger partial charge in [-0.15, -0.1) is 11.3 Å². The molecule has 0 aliphatic carbocycles. The van der Waals surface area contributed by atoms with Crippen molar-refractivity contribution in [2.75, 3.05) is 7.11 Å².